The summed E-state index contributed by atoms with van der Waals surface area (Å²) in [4.78, 5) is 24.7. The summed E-state index contributed by atoms with van der Waals surface area (Å²) in [6, 6.07) is 1.62. The van der Waals surface area contributed by atoms with Crippen LogP contribution in [0.25, 0.3) is 0 Å². The smallest absolute Gasteiger partial charge is 0.268 e. The Labute approximate surface area is 114 Å². The minimum atomic E-state index is -0.0803. The minimum absolute atomic E-state index is 0.0803. The molecule has 1 heterocycles. The zero-order valence-corrected chi connectivity index (χ0v) is 12.1. The first kappa shape index (κ1) is 15.4. The number of aromatic nitrogens is 2. The van der Waals surface area contributed by atoms with Crippen molar-refractivity contribution in [2.75, 3.05) is 18.5 Å². The van der Waals surface area contributed by atoms with E-state index in [9.17, 15) is 9.59 Å². The first-order chi connectivity index (χ1) is 9.04. The standard InChI is InChI=1S/C14H23N3O2/c1-4-8-16(3)13-10-14(19)17(15-11-13)9-6-5-7-12(2)18/h10-11H,4-9H2,1-3H3. The van der Waals surface area contributed by atoms with E-state index >= 15 is 0 Å². The molecule has 0 spiro atoms. The van der Waals surface area contributed by atoms with Crippen LogP contribution < -0.4 is 10.5 Å². The number of carbonyl (C=O) groups is 1. The van der Waals surface area contributed by atoms with E-state index in [1.165, 1.54) is 4.68 Å². The highest BCUT2D eigenvalue weighted by molar-refractivity contribution is 5.75. The first-order valence-corrected chi connectivity index (χ1v) is 6.82. The third-order valence-electron chi connectivity index (χ3n) is 3.00. The molecule has 1 aromatic heterocycles. The molecular weight excluding hydrogens is 242 g/mol. The van der Waals surface area contributed by atoms with E-state index in [2.05, 4.69) is 12.0 Å². The summed E-state index contributed by atoms with van der Waals surface area (Å²) in [6.07, 6.45) is 4.94. The van der Waals surface area contributed by atoms with E-state index in [0.717, 1.165) is 31.5 Å². The second kappa shape index (κ2) is 7.71. The zero-order valence-electron chi connectivity index (χ0n) is 12.1. The number of nitrogens with zero attached hydrogens (tertiary/aromatic N) is 3. The highest BCUT2D eigenvalue weighted by Crippen LogP contribution is 2.07. The molecule has 0 aliphatic heterocycles. The van der Waals surface area contributed by atoms with Crippen molar-refractivity contribution in [2.45, 2.75) is 46.1 Å². The van der Waals surface area contributed by atoms with Crippen molar-refractivity contribution in [3.05, 3.63) is 22.6 Å². The molecule has 5 nitrogen and oxygen atoms in total. The van der Waals surface area contributed by atoms with Gasteiger partial charge in [-0.2, -0.15) is 5.10 Å². The lowest BCUT2D eigenvalue weighted by molar-refractivity contribution is -0.117. The summed E-state index contributed by atoms with van der Waals surface area (Å²) < 4.78 is 1.46. The molecule has 0 N–H and O–H groups in total. The molecule has 0 unspecified atom stereocenters. The number of Topliss-reactive ketones (excluding diaryl/α,β-unsaturated/α-hetero) is 1. The van der Waals surface area contributed by atoms with E-state index in [-0.39, 0.29) is 11.3 Å². The van der Waals surface area contributed by atoms with Gasteiger partial charge in [0.2, 0.25) is 0 Å². The fourth-order valence-electron chi connectivity index (χ4n) is 1.90. The number of rotatable bonds is 8. The maximum atomic E-state index is 11.9. The monoisotopic (exact) mass is 265 g/mol. The van der Waals surface area contributed by atoms with Crippen LogP contribution in [0, 0.1) is 0 Å². The minimum Gasteiger partial charge on any atom is -0.373 e. The Hall–Kier alpha value is -1.65. The molecule has 0 aromatic carbocycles. The number of hydrogen-bond donors (Lipinski definition) is 0. The number of unbranched alkanes of at least 4 members (excludes halogenated alkanes) is 1. The van der Waals surface area contributed by atoms with Crippen LogP contribution in [0.15, 0.2) is 17.1 Å². The van der Waals surface area contributed by atoms with Gasteiger partial charge in [-0.3, -0.25) is 4.79 Å². The van der Waals surface area contributed by atoms with Crippen LogP contribution in [-0.2, 0) is 11.3 Å². The molecule has 0 atom stereocenters. The predicted octanol–water partition coefficient (Wildman–Crippen LogP) is 1.85. The largest absolute Gasteiger partial charge is 0.373 e. The molecule has 0 aliphatic carbocycles. The maximum Gasteiger partial charge on any atom is 0.268 e. The van der Waals surface area contributed by atoms with Gasteiger partial charge in [-0.05, 0) is 26.2 Å². The van der Waals surface area contributed by atoms with Crippen molar-refractivity contribution in [3.63, 3.8) is 0 Å². The summed E-state index contributed by atoms with van der Waals surface area (Å²) in [5, 5.41) is 4.18. The highest BCUT2D eigenvalue weighted by Gasteiger charge is 2.04. The fraction of sp³-hybridized carbons (Fsp3) is 0.643. The van der Waals surface area contributed by atoms with Crippen LogP contribution in [0.4, 0.5) is 5.69 Å². The molecule has 19 heavy (non-hydrogen) atoms. The number of hydrogen-bond acceptors (Lipinski definition) is 4. The van der Waals surface area contributed by atoms with Crippen molar-refractivity contribution in [1.29, 1.82) is 0 Å². The summed E-state index contributed by atoms with van der Waals surface area (Å²) in [5.74, 6) is 0.192. The Morgan fingerprint density at radius 1 is 1.42 bits per heavy atom. The third kappa shape index (κ3) is 5.24. The molecule has 0 saturated carbocycles. The maximum absolute atomic E-state index is 11.9. The second-order valence-electron chi connectivity index (χ2n) is 4.86. The van der Waals surface area contributed by atoms with Crippen LogP contribution >= 0.6 is 0 Å². The van der Waals surface area contributed by atoms with Crippen LogP contribution in [0.3, 0.4) is 0 Å². The second-order valence-corrected chi connectivity index (χ2v) is 4.86. The predicted molar refractivity (Wildman–Crippen MR) is 76.6 cm³/mol. The van der Waals surface area contributed by atoms with Crippen LogP contribution in [0.1, 0.15) is 39.5 Å². The van der Waals surface area contributed by atoms with Gasteiger partial charge in [0.05, 0.1) is 11.9 Å². The van der Waals surface area contributed by atoms with Gasteiger partial charge in [-0.1, -0.05) is 6.92 Å². The van der Waals surface area contributed by atoms with Crippen molar-refractivity contribution < 1.29 is 4.79 Å². The number of aryl methyl sites for hydroxylation is 1. The molecule has 0 radical (unpaired) electrons. The van der Waals surface area contributed by atoms with Gasteiger partial charge < -0.3 is 9.69 Å². The SMILES string of the molecule is CCCN(C)c1cnn(CCCCC(C)=O)c(=O)c1. The molecule has 1 aromatic rings. The fourth-order valence-corrected chi connectivity index (χ4v) is 1.90. The topological polar surface area (TPSA) is 55.2 Å². The lowest BCUT2D eigenvalue weighted by Crippen LogP contribution is -2.26. The Morgan fingerprint density at radius 2 is 2.16 bits per heavy atom. The average Bonchev–Trinajstić information content (AvgIpc) is 2.36. The lowest BCUT2D eigenvalue weighted by atomic mass is 10.2. The third-order valence-corrected chi connectivity index (χ3v) is 3.00. The zero-order chi connectivity index (χ0) is 14.3. The number of ketones is 1. The molecule has 106 valence electrons. The molecule has 1 rings (SSSR count). The first-order valence-electron chi connectivity index (χ1n) is 6.82. The molecule has 5 heteroatoms. The van der Waals surface area contributed by atoms with Gasteiger partial charge >= 0.3 is 0 Å². The van der Waals surface area contributed by atoms with E-state index in [1.54, 1.807) is 19.2 Å². The van der Waals surface area contributed by atoms with Gasteiger partial charge in [0.25, 0.3) is 5.56 Å². The quantitative estimate of drug-likeness (QED) is 0.673. The van der Waals surface area contributed by atoms with Gasteiger partial charge in [0.15, 0.2) is 0 Å². The highest BCUT2D eigenvalue weighted by atomic mass is 16.1. The normalized spacial score (nSPS) is 10.5. The van der Waals surface area contributed by atoms with Crippen molar-refractivity contribution in [2.24, 2.45) is 0 Å². The summed E-state index contributed by atoms with van der Waals surface area (Å²) in [7, 11) is 1.96. The Bertz CT molecular complexity index is 468. The molecular formula is C14H23N3O2. The van der Waals surface area contributed by atoms with Crippen molar-refractivity contribution >= 4 is 11.5 Å². The van der Waals surface area contributed by atoms with Crippen LogP contribution in [0.5, 0.6) is 0 Å². The molecule has 0 amide bonds. The molecule has 0 bridgehead atoms. The Morgan fingerprint density at radius 3 is 2.74 bits per heavy atom. The summed E-state index contributed by atoms with van der Waals surface area (Å²) in [6.45, 7) is 5.16. The molecule has 0 fully saturated rings. The number of carbonyl (C=O) groups excluding carboxylic acids is 1. The van der Waals surface area contributed by atoms with Crippen molar-refractivity contribution in [3.8, 4) is 0 Å². The average molecular weight is 265 g/mol. The lowest BCUT2D eigenvalue weighted by Gasteiger charge is -2.17. The van der Waals surface area contributed by atoms with Gasteiger partial charge in [-0.15, -0.1) is 0 Å². The summed E-state index contributed by atoms with van der Waals surface area (Å²) in [5.41, 5.74) is 0.773. The van der Waals surface area contributed by atoms with Crippen LogP contribution in [-0.4, -0.2) is 29.2 Å². The Balaban J connectivity index is 2.57. The summed E-state index contributed by atoms with van der Waals surface area (Å²) >= 11 is 0. The van der Waals surface area contributed by atoms with Crippen LogP contribution in [0.2, 0.25) is 0 Å². The molecule has 0 saturated heterocycles. The van der Waals surface area contributed by atoms with E-state index < -0.39 is 0 Å². The van der Waals surface area contributed by atoms with E-state index in [4.69, 9.17) is 0 Å². The van der Waals surface area contributed by atoms with E-state index in [1.807, 2.05) is 11.9 Å². The molecule has 0 aliphatic rings. The van der Waals surface area contributed by atoms with Gasteiger partial charge in [-0.25, -0.2) is 4.68 Å². The van der Waals surface area contributed by atoms with Crippen molar-refractivity contribution in [1.82, 2.24) is 9.78 Å². The van der Waals surface area contributed by atoms with Gasteiger partial charge in [0.1, 0.15) is 5.78 Å². The van der Waals surface area contributed by atoms with Gasteiger partial charge in [0, 0.05) is 32.6 Å². The van der Waals surface area contributed by atoms with E-state index in [0.29, 0.717) is 13.0 Å². The Kier molecular flexibility index (Phi) is 6.25. The number of anilines is 1.